The maximum Gasteiger partial charge on any atom is 0.310 e. The second-order valence-corrected chi connectivity index (χ2v) is 5.05. The number of hydrogen-bond acceptors (Lipinski definition) is 3. The normalized spacial score (nSPS) is 12.3. The minimum atomic E-state index is -0.152. The van der Waals surface area contributed by atoms with Gasteiger partial charge in [-0.25, -0.2) is 0 Å². The molecule has 1 unspecified atom stereocenters. The summed E-state index contributed by atoms with van der Waals surface area (Å²) in [6.45, 7) is 8.84. The molecule has 1 atom stereocenters. The molecule has 18 heavy (non-hydrogen) atoms. The lowest BCUT2D eigenvalue weighted by atomic mass is 9.96. The van der Waals surface area contributed by atoms with Gasteiger partial charge in [-0.15, -0.1) is 0 Å². The van der Waals surface area contributed by atoms with Crippen molar-refractivity contribution in [2.75, 3.05) is 19.0 Å². The van der Waals surface area contributed by atoms with Gasteiger partial charge in [-0.3, -0.25) is 4.79 Å². The Morgan fingerprint density at radius 3 is 2.44 bits per heavy atom. The number of anilines is 1. The third-order valence-corrected chi connectivity index (χ3v) is 3.34. The first kappa shape index (κ1) is 14.6. The van der Waals surface area contributed by atoms with Gasteiger partial charge in [-0.1, -0.05) is 19.9 Å². The Morgan fingerprint density at radius 1 is 1.28 bits per heavy atom. The number of aryl methyl sites for hydroxylation is 2. The summed E-state index contributed by atoms with van der Waals surface area (Å²) in [6.07, 6.45) is 0. The van der Waals surface area contributed by atoms with Gasteiger partial charge in [0.2, 0.25) is 0 Å². The molecule has 0 bridgehead atoms. The van der Waals surface area contributed by atoms with Gasteiger partial charge in [0.15, 0.2) is 0 Å². The number of ether oxygens (including phenoxy) is 1. The van der Waals surface area contributed by atoms with E-state index in [0.717, 1.165) is 5.69 Å². The Hall–Kier alpha value is -1.51. The molecule has 0 radical (unpaired) electrons. The summed E-state index contributed by atoms with van der Waals surface area (Å²) in [4.78, 5) is 11.6. The molecule has 0 saturated heterocycles. The van der Waals surface area contributed by atoms with Gasteiger partial charge in [0.05, 0.1) is 13.0 Å². The van der Waals surface area contributed by atoms with Crippen LogP contribution in [0.2, 0.25) is 0 Å². The summed E-state index contributed by atoms with van der Waals surface area (Å²) in [5.41, 5.74) is 3.57. The number of carbonyl (C=O) groups excluding carboxylic acids is 1. The zero-order chi connectivity index (χ0) is 13.7. The van der Waals surface area contributed by atoms with Crippen molar-refractivity contribution in [1.29, 1.82) is 0 Å². The fourth-order valence-corrected chi connectivity index (χ4v) is 1.82. The summed E-state index contributed by atoms with van der Waals surface area (Å²) in [5.74, 6) is -0.00515. The third-order valence-electron chi connectivity index (χ3n) is 3.34. The number of benzene rings is 1. The topological polar surface area (TPSA) is 38.3 Å². The molecule has 3 heteroatoms. The molecule has 0 aliphatic rings. The highest BCUT2D eigenvalue weighted by molar-refractivity contribution is 5.73. The van der Waals surface area contributed by atoms with E-state index in [1.807, 2.05) is 19.9 Å². The Bertz CT molecular complexity index is 413. The van der Waals surface area contributed by atoms with Crippen molar-refractivity contribution in [2.24, 2.45) is 11.8 Å². The van der Waals surface area contributed by atoms with Gasteiger partial charge in [0, 0.05) is 12.2 Å². The van der Waals surface area contributed by atoms with Crippen LogP contribution >= 0.6 is 0 Å². The predicted molar refractivity (Wildman–Crippen MR) is 74.7 cm³/mol. The van der Waals surface area contributed by atoms with Gasteiger partial charge in [0.1, 0.15) is 0 Å². The molecule has 1 rings (SSSR count). The molecule has 100 valence electrons. The van der Waals surface area contributed by atoms with Crippen molar-refractivity contribution in [3.8, 4) is 0 Å². The highest BCUT2D eigenvalue weighted by Crippen LogP contribution is 2.17. The smallest absolute Gasteiger partial charge is 0.310 e. The van der Waals surface area contributed by atoms with E-state index in [1.165, 1.54) is 18.2 Å². The highest BCUT2D eigenvalue weighted by Gasteiger charge is 2.22. The molecule has 0 fully saturated rings. The predicted octanol–water partition coefficient (Wildman–Crippen LogP) is 3.16. The van der Waals surface area contributed by atoms with E-state index < -0.39 is 0 Å². The van der Waals surface area contributed by atoms with Gasteiger partial charge < -0.3 is 10.1 Å². The zero-order valence-corrected chi connectivity index (χ0v) is 11.9. The van der Waals surface area contributed by atoms with Crippen LogP contribution in [0, 0.1) is 25.7 Å². The van der Waals surface area contributed by atoms with Gasteiger partial charge in [-0.05, 0) is 43.0 Å². The van der Waals surface area contributed by atoms with Crippen molar-refractivity contribution in [3.05, 3.63) is 29.3 Å². The molecule has 3 nitrogen and oxygen atoms in total. The fourth-order valence-electron chi connectivity index (χ4n) is 1.82. The van der Waals surface area contributed by atoms with E-state index >= 15 is 0 Å². The average molecular weight is 249 g/mol. The van der Waals surface area contributed by atoms with Crippen molar-refractivity contribution in [1.82, 2.24) is 0 Å². The lowest BCUT2D eigenvalue weighted by molar-refractivity contribution is -0.146. The Morgan fingerprint density at radius 2 is 1.94 bits per heavy atom. The monoisotopic (exact) mass is 249 g/mol. The number of carbonyl (C=O) groups is 1. The minimum Gasteiger partial charge on any atom is -0.469 e. The van der Waals surface area contributed by atoms with Gasteiger partial charge in [-0.2, -0.15) is 0 Å². The van der Waals surface area contributed by atoms with E-state index in [2.05, 4.69) is 31.3 Å². The van der Waals surface area contributed by atoms with Crippen LogP contribution in [0.15, 0.2) is 18.2 Å². The minimum absolute atomic E-state index is 0.114. The number of esters is 1. The Kier molecular flexibility index (Phi) is 5.20. The maximum absolute atomic E-state index is 11.6. The molecule has 1 aromatic carbocycles. The number of methoxy groups -OCH3 is 1. The molecule has 0 aliphatic carbocycles. The van der Waals surface area contributed by atoms with E-state index in [0.29, 0.717) is 6.54 Å². The van der Waals surface area contributed by atoms with Crippen LogP contribution in [0.25, 0.3) is 0 Å². The van der Waals surface area contributed by atoms with Crippen LogP contribution in [0.4, 0.5) is 5.69 Å². The van der Waals surface area contributed by atoms with Gasteiger partial charge in [0.25, 0.3) is 0 Å². The van der Waals surface area contributed by atoms with Crippen LogP contribution in [0.1, 0.15) is 25.0 Å². The molecule has 0 heterocycles. The molecular formula is C15H23NO2. The first-order valence-electron chi connectivity index (χ1n) is 6.34. The third kappa shape index (κ3) is 3.76. The second-order valence-electron chi connectivity index (χ2n) is 5.05. The number of nitrogens with one attached hydrogen (secondary N) is 1. The summed E-state index contributed by atoms with van der Waals surface area (Å²) >= 11 is 0. The van der Waals surface area contributed by atoms with E-state index in [1.54, 1.807) is 0 Å². The molecule has 0 aromatic heterocycles. The Labute approximate surface area is 110 Å². The van der Waals surface area contributed by atoms with Crippen molar-refractivity contribution < 1.29 is 9.53 Å². The van der Waals surface area contributed by atoms with Crippen LogP contribution < -0.4 is 5.32 Å². The number of hydrogen-bond donors (Lipinski definition) is 1. The van der Waals surface area contributed by atoms with E-state index in [4.69, 9.17) is 4.74 Å². The summed E-state index contributed by atoms with van der Waals surface area (Å²) in [5, 5.41) is 3.31. The molecule has 1 aromatic rings. The van der Waals surface area contributed by atoms with Crippen LogP contribution in [0.3, 0.4) is 0 Å². The molecule has 0 saturated carbocycles. The second kappa shape index (κ2) is 6.43. The van der Waals surface area contributed by atoms with Crippen molar-refractivity contribution in [3.63, 3.8) is 0 Å². The first-order chi connectivity index (χ1) is 8.45. The molecule has 0 aliphatic heterocycles. The molecule has 1 N–H and O–H groups in total. The maximum atomic E-state index is 11.6. The van der Waals surface area contributed by atoms with Crippen molar-refractivity contribution in [2.45, 2.75) is 27.7 Å². The summed E-state index contributed by atoms with van der Waals surface area (Å²) in [6, 6.07) is 6.22. The van der Waals surface area contributed by atoms with Crippen molar-refractivity contribution >= 4 is 11.7 Å². The molecular weight excluding hydrogens is 226 g/mol. The highest BCUT2D eigenvalue weighted by atomic mass is 16.5. The standard InChI is InChI=1S/C15H23NO2/c1-10(2)14(15(17)18-5)9-16-13-7-6-11(3)12(4)8-13/h6-8,10,14,16H,9H2,1-5H3. The fraction of sp³-hybridized carbons (Fsp3) is 0.533. The van der Waals surface area contributed by atoms with E-state index in [-0.39, 0.29) is 17.8 Å². The first-order valence-corrected chi connectivity index (χ1v) is 6.34. The quantitative estimate of drug-likeness (QED) is 0.815. The molecule has 0 amide bonds. The lowest BCUT2D eigenvalue weighted by Crippen LogP contribution is -2.28. The summed E-state index contributed by atoms with van der Waals surface area (Å²) < 4.78 is 4.83. The van der Waals surface area contributed by atoms with Crippen LogP contribution in [0.5, 0.6) is 0 Å². The zero-order valence-electron chi connectivity index (χ0n) is 11.9. The Balaban J connectivity index is 2.67. The van der Waals surface area contributed by atoms with Crippen LogP contribution in [-0.2, 0) is 9.53 Å². The largest absolute Gasteiger partial charge is 0.469 e. The molecule has 0 spiro atoms. The number of rotatable bonds is 5. The van der Waals surface area contributed by atoms with Gasteiger partial charge >= 0.3 is 5.97 Å². The summed E-state index contributed by atoms with van der Waals surface area (Å²) in [7, 11) is 1.44. The van der Waals surface area contributed by atoms with E-state index in [9.17, 15) is 4.79 Å². The SMILES string of the molecule is COC(=O)C(CNc1ccc(C)c(C)c1)C(C)C. The lowest BCUT2D eigenvalue weighted by Gasteiger charge is -2.19. The average Bonchev–Trinajstić information content (AvgIpc) is 2.33. The van der Waals surface area contributed by atoms with Crippen LogP contribution in [-0.4, -0.2) is 19.6 Å².